The van der Waals surface area contributed by atoms with Crippen molar-refractivity contribution < 1.29 is 0 Å². The molecule has 0 spiro atoms. The van der Waals surface area contributed by atoms with Crippen LogP contribution >= 0.6 is 0 Å². The predicted molar refractivity (Wildman–Crippen MR) is 105 cm³/mol. The first-order valence-corrected chi connectivity index (χ1v) is 9.44. The van der Waals surface area contributed by atoms with Crippen LogP contribution in [-0.2, 0) is 6.42 Å². The molecule has 1 saturated heterocycles. The minimum atomic E-state index is 0.458. The summed E-state index contributed by atoms with van der Waals surface area (Å²) in [4.78, 5) is 20.7. The van der Waals surface area contributed by atoms with E-state index in [1.807, 2.05) is 0 Å². The van der Waals surface area contributed by atoms with Gasteiger partial charge in [0, 0.05) is 25.6 Å². The number of hydrogen-bond acceptors (Lipinski definition) is 6. The maximum absolute atomic E-state index is 4.91. The van der Waals surface area contributed by atoms with Gasteiger partial charge in [-0.2, -0.15) is 0 Å². The van der Waals surface area contributed by atoms with E-state index in [1.165, 1.54) is 24.7 Å². The zero-order valence-electron chi connectivity index (χ0n) is 15.0. The Morgan fingerprint density at radius 3 is 3.07 bits per heavy atom. The molecule has 1 aliphatic heterocycles. The highest BCUT2D eigenvalue weighted by atomic mass is 15.1. The van der Waals surface area contributed by atoms with E-state index < -0.39 is 0 Å². The minimum Gasteiger partial charge on any atom is -0.368 e. The first-order valence-electron chi connectivity index (χ1n) is 9.44. The Hall–Kier alpha value is -3.00. The molecule has 0 radical (unpaired) electrons. The summed E-state index contributed by atoms with van der Waals surface area (Å²) in [5, 5.41) is 6.93. The van der Waals surface area contributed by atoms with Gasteiger partial charge >= 0.3 is 0 Å². The van der Waals surface area contributed by atoms with Gasteiger partial charge < -0.3 is 20.2 Å². The lowest BCUT2D eigenvalue weighted by Crippen LogP contribution is -2.32. The molecule has 5 rings (SSSR count). The van der Waals surface area contributed by atoms with Crippen molar-refractivity contribution in [3.05, 3.63) is 42.7 Å². The fourth-order valence-electron chi connectivity index (χ4n) is 3.92. The highest BCUT2D eigenvalue weighted by Gasteiger charge is 2.21. The topological polar surface area (TPSA) is 96.3 Å². The van der Waals surface area contributed by atoms with Crippen LogP contribution in [0.2, 0.25) is 0 Å². The van der Waals surface area contributed by atoms with Gasteiger partial charge in [-0.25, -0.2) is 19.9 Å². The lowest BCUT2D eigenvalue weighted by Gasteiger charge is -2.26. The van der Waals surface area contributed by atoms with Gasteiger partial charge in [-0.1, -0.05) is 12.1 Å². The molecule has 3 aromatic heterocycles. The van der Waals surface area contributed by atoms with Crippen molar-refractivity contribution in [1.29, 1.82) is 0 Å². The van der Waals surface area contributed by atoms with E-state index in [1.54, 1.807) is 6.33 Å². The average molecular weight is 362 g/mol. The number of aromatic nitrogens is 6. The number of para-hydroxylation sites is 2. The smallest absolute Gasteiger partial charge is 0.182 e. The van der Waals surface area contributed by atoms with Gasteiger partial charge in [0.15, 0.2) is 11.5 Å². The Bertz CT molecular complexity index is 1060. The van der Waals surface area contributed by atoms with E-state index >= 15 is 0 Å². The standard InChI is InChI=1S/C19H22N8/c1-2-6-15-14(5-1)26-16(27(15)13-4-3-8-20-10-13)7-9-21-18-17-19(23-11-22-17)25-12-24-18/h1-2,5-6,11-13,20H,3-4,7-10H2,(H2,21,22,23,24,25)/t13-/m1/s1. The van der Waals surface area contributed by atoms with Crippen LogP contribution in [0.4, 0.5) is 5.82 Å². The van der Waals surface area contributed by atoms with E-state index in [-0.39, 0.29) is 0 Å². The first kappa shape index (κ1) is 16.2. The molecule has 0 bridgehead atoms. The zero-order chi connectivity index (χ0) is 18.1. The lowest BCUT2D eigenvalue weighted by atomic mass is 10.1. The van der Waals surface area contributed by atoms with Gasteiger partial charge in [-0.15, -0.1) is 0 Å². The molecule has 1 atom stereocenters. The number of imidazole rings is 2. The SMILES string of the molecule is c1ccc2c(c1)nc(CCNc1ncnc3nc[nH]c13)n2[C@@H]1CCCNC1. The third-order valence-corrected chi connectivity index (χ3v) is 5.17. The highest BCUT2D eigenvalue weighted by molar-refractivity contribution is 5.82. The van der Waals surface area contributed by atoms with Crippen LogP contribution < -0.4 is 10.6 Å². The molecule has 1 aliphatic rings. The van der Waals surface area contributed by atoms with E-state index in [2.05, 4.69) is 59.4 Å². The number of aromatic amines is 1. The van der Waals surface area contributed by atoms with Gasteiger partial charge in [0.2, 0.25) is 0 Å². The monoisotopic (exact) mass is 362 g/mol. The molecular formula is C19H22N8. The van der Waals surface area contributed by atoms with Crippen LogP contribution in [-0.4, -0.2) is 49.1 Å². The molecule has 27 heavy (non-hydrogen) atoms. The van der Waals surface area contributed by atoms with Crippen LogP contribution in [0.25, 0.3) is 22.2 Å². The summed E-state index contributed by atoms with van der Waals surface area (Å²) in [5.74, 6) is 1.90. The van der Waals surface area contributed by atoms with E-state index in [0.29, 0.717) is 11.7 Å². The van der Waals surface area contributed by atoms with Gasteiger partial charge in [0.25, 0.3) is 0 Å². The van der Waals surface area contributed by atoms with Crippen molar-refractivity contribution in [2.45, 2.75) is 25.3 Å². The molecule has 0 saturated carbocycles. The number of hydrogen-bond donors (Lipinski definition) is 3. The molecule has 138 valence electrons. The summed E-state index contributed by atoms with van der Waals surface area (Å²) in [6.07, 6.45) is 6.39. The van der Waals surface area contributed by atoms with Crippen LogP contribution in [0, 0.1) is 0 Å². The summed E-state index contributed by atoms with van der Waals surface area (Å²) >= 11 is 0. The summed E-state index contributed by atoms with van der Waals surface area (Å²) in [5.41, 5.74) is 3.80. The molecule has 1 fully saturated rings. The molecule has 3 N–H and O–H groups in total. The second-order valence-electron chi connectivity index (χ2n) is 6.89. The first-order chi connectivity index (χ1) is 13.4. The van der Waals surface area contributed by atoms with Crippen LogP contribution in [0.1, 0.15) is 24.7 Å². The number of benzene rings is 1. The average Bonchev–Trinajstić information content (AvgIpc) is 3.33. The van der Waals surface area contributed by atoms with Crippen LogP contribution in [0.3, 0.4) is 0 Å². The summed E-state index contributed by atoms with van der Waals surface area (Å²) in [6, 6.07) is 8.87. The lowest BCUT2D eigenvalue weighted by molar-refractivity contribution is 0.370. The number of piperidine rings is 1. The number of H-pyrrole nitrogens is 1. The van der Waals surface area contributed by atoms with Crippen molar-refractivity contribution >= 4 is 28.0 Å². The minimum absolute atomic E-state index is 0.458. The maximum atomic E-state index is 4.91. The fraction of sp³-hybridized carbons (Fsp3) is 0.368. The van der Waals surface area contributed by atoms with Crippen molar-refractivity contribution in [1.82, 2.24) is 34.8 Å². The highest BCUT2D eigenvalue weighted by Crippen LogP contribution is 2.26. The third-order valence-electron chi connectivity index (χ3n) is 5.17. The number of nitrogens with one attached hydrogen (secondary N) is 3. The Morgan fingerprint density at radius 1 is 1.19 bits per heavy atom. The number of rotatable bonds is 5. The van der Waals surface area contributed by atoms with Gasteiger partial charge in [-0.05, 0) is 31.5 Å². The molecular weight excluding hydrogens is 340 g/mol. The molecule has 0 amide bonds. The summed E-state index contributed by atoms with van der Waals surface area (Å²) in [6.45, 7) is 2.85. The Labute approximate surface area is 156 Å². The molecule has 4 aromatic rings. The van der Waals surface area contributed by atoms with Crippen molar-refractivity contribution in [3.63, 3.8) is 0 Å². The van der Waals surface area contributed by atoms with Crippen molar-refractivity contribution in [3.8, 4) is 0 Å². The van der Waals surface area contributed by atoms with E-state index in [0.717, 1.165) is 48.7 Å². The largest absolute Gasteiger partial charge is 0.368 e. The van der Waals surface area contributed by atoms with Crippen LogP contribution in [0.15, 0.2) is 36.9 Å². The second-order valence-corrected chi connectivity index (χ2v) is 6.89. The Morgan fingerprint density at radius 2 is 2.15 bits per heavy atom. The molecule has 1 aromatic carbocycles. The molecule has 4 heterocycles. The molecule has 0 unspecified atom stereocenters. The van der Waals surface area contributed by atoms with Gasteiger partial charge in [0.1, 0.15) is 17.7 Å². The second kappa shape index (κ2) is 6.96. The molecule has 0 aliphatic carbocycles. The van der Waals surface area contributed by atoms with Crippen LogP contribution in [0.5, 0.6) is 0 Å². The molecule has 8 nitrogen and oxygen atoms in total. The van der Waals surface area contributed by atoms with Gasteiger partial charge in [-0.3, -0.25) is 0 Å². The van der Waals surface area contributed by atoms with E-state index in [4.69, 9.17) is 4.98 Å². The van der Waals surface area contributed by atoms with Crippen molar-refractivity contribution in [2.24, 2.45) is 0 Å². The third kappa shape index (κ3) is 3.02. The number of fused-ring (bicyclic) bond motifs is 2. The Balaban J connectivity index is 1.40. The van der Waals surface area contributed by atoms with Crippen molar-refractivity contribution in [2.75, 3.05) is 25.0 Å². The quantitative estimate of drug-likeness (QED) is 0.504. The summed E-state index contributed by atoms with van der Waals surface area (Å²) < 4.78 is 2.43. The summed E-state index contributed by atoms with van der Waals surface area (Å²) in [7, 11) is 0. The number of anilines is 1. The molecule has 8 heteroatoms. The zero-order valence-corrected chi connectivity index (χ0v) is 15.0. The number of nitrogens with zero attached hydrogens (tertiary/aromatic N) is 5. The maximum Gasteiger partial charge on any atom is 0.182 e. The Kier molecular flexibility index (Phi) is 4.17. The predicted octanol–water partition coefficient (Wildman–Crippen LogP) is 2.28. The normalized spacial score (nSPS) is 17.6. The fourth-order valence-corrected chi connectivity index (χ4v) is 3.92. The van der Waals surface area contributed by atoms with E-state index in [9.17, 15) is 0 Å². The van der Waals surface area contributed by atoms with Gasteiger partial charge in [0.05, 0.1) is 17.4 Å².